The van der Waals surface area contributed by atoms with Gasteiger partial charge in [0.05, 0.1) is 13.2 Å². The van der Waals surface area contributed by atoms with Crippen molar-refractivity contribution in [1.82, 2.24) is 0 Å². The summed E-state index contributed by atoms with van der Waals surface area (Å²) in [5.41, 5.74) is -0.346. The lowest BCUT2D eigenvalue weighted by Crippen LogP contribution is -2.42. The Morgan fingerprint density at radius 2 is 1.61 bits per heavy atom. The summed E-state index contributed by atoms with van der Waals surface area (Å²) < 4.78 is 15.7. The minimum absolute atomic E-state index is 0.0129. The largest absolute Gasteiger partial charge is 0.489 e. The van der Waals surface area contributed by atoms with Crippen molar-refractivity contribution in [2.45, 2.75) is 27.7 Å². The Bertz CT molecular complexity index is 559. The molecule has 5 heteroatoms. The van der Waals surface area contributed by atoms with Gasteiger partial charge in [-0.05, 0) is 44.9 Å². The molecule has 23 heavy (non-hydrogen) atoms. The van der Waals surface area contributed by atoms with Crippen LogP contribution in [0.3, 0.4) is 0 Å². The zero-order chi connectivity index (χ0) is 17.5. The van der Waals surface area contributed by atoms with Crippen LogP contribution in [0.25, 0.3) is 0 Å². The van der Waals surface area contributed by atoms with Crippen LogP contribution in [0.1, 0.15) is 26.3 Å². The van der Waals surface area contributed by atoms with Crippen molar-refractivity contribution in [1.29, 1.82) is 0 Å². The van der Waals surface area contributed by atoms with Crippen LogP contribution in [0.2, 0.25) is 0 Å². The number of ether oxygens (including phenoxy) is 3. The quantitative estimate of drug-likeness (QED) is 0.418. The lowest BCUT2D eigenvalue weighted by atomic mass is 9.83. The highest BCUT2D eigenvalue weighted by Crippen LogP contribution is 2.30. The molecule has 0 N–H and O–H groups in total. The monoisotopic (exact) mass is 320 g/mol. The first-order chi connectivity index (χ1) is 10.9. The van der Waals surface area contributed by atoms with Crippen LogP contribution in [0, 0.1) is 12.3 Å². The topological polar surface area (TPSA) is 61.8 Å². The van der Waals surface area contributed by atoms with Gasteiger partial charge in [-0.1, -0.05) is 24.8 Å². The van der Waals surface area contributed by atoms with Crippen molar-refractivity contribution in [2.75, 3.05) is 19.8 Å². The van der Waals surface area contributed by atoms with Crippen LogP contribution in [0.5, 0.6) is 5.75 Å². The van der Waals surface area contributed by atoms with Crippen molar-refractivity contribution < 1.29 is 23.8 Å². The van der Waals surface area contributed by atoms with Gasteiger partial charge in [-0.15, -0.1) is 0 Å². The third-order valence-corrected chi connectivity index (χ3v) is 3.57. The van der Waals surface area contributed by atoms with E-state index in [1.165, 1.54) is 6.92 Å². The third-order valence-electron chi connectivity index (χ3n) is 3.57. The Morgan fingerprint density at radius 1 is 1.09 bits per heavy atom. The fourth-order valence-corrected chi connectivity index (χ4v) is 1.95. The normalized spacial score (nSPS) is 10.8. The van der Waals surface area contributed by atoms with E-state index in [1.54, 1.807) is 13.8 Å². The van der Waals surface area contributed by atoms with Crippen molar-refractivity contribution in [3.63, 3.8) is 0 Å². The molecule has 0 bridgehead atoms. The van der Waals surface area contributed by atoms with Crippen LogP contribution in [-0.2, 0) is 19.1 Å². The van der Waals surface area contributed by atoms with Gasteiger partial charge in [-0.25, -0.2) is 0 Å². The van der Waals surface area contributed by atoms with E-state index >= 15 is 0 Å². The predicted molar refractivity (Wildman–Crippen MR) is 87.2 cm³/mol. The van der Waals surface area contributed by atoms with E-state index in [9.17, 15) is 9.59 Å². The third kappa shape index (κ3) is 4.34. The molecular weight excluding hydrogens is 296 g/mol. The van der Waals surface area contributed by atoms with E-state index in [2.05, 4.69) is 6.58 Å². The van der Waals surface area contributed by atoms with Gasteiger partial charge in [0.25, 0.3) is 0 Å². The van der Waals surface area contributed by atoms with E-state index < -0.39 is 17.4 Å². The Morgan fingerprint density at radius 3 is 2.09 bits per heavy atom. The van der Waals surface area contributed by atoms with E-state index in [1.807, 2.05) is 31.2 Å². The highest BCUT2D eigenvalue weighted by molar-refractivity contribution is 6.03. The average Bonchev–Trinajstić information content (AvgIpc) is 2.53. The summed E-state index contributed by atoms with van der Waals surface area (Å²) in [4.78, 5) is 24.5. The van der Waals surface area contributed by atoms with Gasteiger partial charge in [0.2, 0.25) is 0 Å². The molecule has 0 aromatic heterocycles. The summed E-state index contributed by atoms with van der Waals surface area (Å²) in [6, 6.07) is 7.47. The number of hydrogen-bond donors (Lipinski definition) is 0. The molecule has 0 unspecified atom stereocenters. The standard InChI is InChI=1S/C18H24O5/c1-6-21-16(19)18(5,17(20)22-7-2)14(4)12-23-15-11-9-8-10-13(15)3/h8-11H,4,6-7,12H2,1-3,5H3. The number of carbonyl (C=O) groups excluding carboxylic acids is 2. The molecule has 1 rings (SSSR count). The molecule has 0 amide bonds. The zero-order valence-corrected chi connectivity index (χ0v) is 14.2. The minimum Gasteiger partial charge on any atom is -0.489 e. The molecule has 126 valence electrons. The fraction of sp³-hybridized carbons (Fsp3) is 0.444. The minimum atomic E-state index is -1.59. The van der Waals surface area contributed by atoms with Crippen LogP contribution in [-0.4, -0.2) is 31.8 Å². The van der Waals surface area contributed by atoms with E-state index in [0.29, 0.717) is 5.75 Å². The van der Waals surface area contributed by atoms with Crippen LogP contribution in [0.15, 0.2) is 36.4 Å². The van der Waals surface area contributed by atoms with Gasteiger partial charge in [0.15, 0.2) is 5.41 Å². The molecule has 0 fully saturated rings. The van der Waals surface area contributed by atoms with E-state index in [4.69, 9.17) is 14.2 Å². The molecule has 5 nitrogen and oxygen atoms in total. The maximum Gasteiger partial charge on any atom is 0.327 e. The van der Waals surface area contributed by atoms with Crippen LogP contribution < -0.4 is 4.74 Å². The van der Waals surface area contributed by atoms with Crippen molar-refractivity contribution in [3.8, 4) is 5.75 Å². The molecule has 0 aliphatic carbocycles. The van der Waals surface area contributed by atoms with Gasteiger partial charge in [0, 0.05) is 0 Å². The first-order valence-electron chi connectivity index (χ1n) is 7.59. The molecule has 0 atom stereocenters. The molecule has 1 aromatic rings. The molecule has 0 aliphatic rings. The SMILES string of the molecule is C=C(COc1ccccc1C)C(C)(C(=O)OCC)C(=O)OCC. The van der Waals surface area contributed by atoms with E-state index in [-0.39, 0.29) is 25.4 Å². The number of hydrogen-bond acceptors (Lipinski definition) is 5. The Labute approximate surface area is 137 Å². The molecule has 0 saturated heterocycles. The maximum absolute atomic E-state index is 12.3. The highest BCUT2D eigenvalue weighted by Gasteiger charge is 2.47. The lowest BCUT2D eigenvalue weighted by molar-refractivity contribution is -0.167. The number of carbonyl (C=O) groups is 2. The predicted octanol–water partition coefficient (Wildman–Crippen LogP) is 3.06. The molecule has 0 spiro atoms. The summed E-state index contributed by atoms with van der Waals surface area (Å²) in [7, 11) is 0. The van der Waals surface area contributed by atoms with Crippen LogP contribution >= 0.6 is 0 Å². The van der Waals surface area contributed by atoms with Crippen LogP contribution in [0.4, 0.5) is 0 Å². The smallest absolute Gasteiger partial charge is 0.327 e. The van der Waals surface area contributed by atoms with Gasteiger partial charge >= 0.3 is 11.9 Å². The van der Waals surface area contributed by atoms with Crippen molar-refractivity contribution >= 4 is 11.9 Å². The average molecular weight is 320 g/mol. The molecule has 1 aromatic carbocycles. The summed E-state index contributed by atoms with van der Waals surface area (Å²) in [5.74, 6) is -0.697. The number of aryl methyl sites for hydroxylation is 1. The Kier molecular flexibility index (Phi) is 6.82. The number of esters is 2. The molecule has 0 saturated carbocycles. The Balaban J connectivity index is 2.93. The van der Waals surface area contributed by atoms with Gasteiger partial charge in [-0.2, -0.15) is 0 Å². The Hall–Kier alpha value is -2.30. The van der Waals surface area contributed by atoms with Gasteiger partial charge in [0.1, 0.15) is 12.4 Å². The summed E-state index contributed by atoms with van der Waals surface area (Å²) >= 11 is 0. The molecule has 0 heterocycles. The summed E-state index contributed by atoms with van der Waals surface area (Å²) in [5, 5.41) is 0. The number of rotatable bonds is 8. The van der Waals surface area contributed by atoms with Gasteiger partial charge < -0.3 is 14.2 Å². The van der Waals surface area contributed by atoms with Crippen molar-refractivity contribution in [3.05, 3.63) is 42.0 Å². The second-order valence-corrected chi connectivity index (χ2v) is 5.22. The van der Waals surface area contributed by atoms with Crippen molar-refractivity contribution in [2.24, 2.45) is 5.41 Å². The molecular formula is C18H24O5. The molecule has 0 radical (unpaired) electrons. The van der Waals surface area contributed by atoms with Gasteiger partial charge in [-0.3, -0.25) is 9.59 Å². The summed E-state index contributed by atoms with van der Waals surface area (Å²) in [6.07, 6.45) is 0. The first kappa shape index (κ1) is 18.7. The summed E-state index contributed by atoms with van der Waals surface area (Å²) in [6.45, 7) is 10.9. The number of benzene rings is 1. The first-order valence-corrected chi connectivity index (χ1v) is 7.59. The maximum atomic E-state index is 12.3. The fourth-order valence-electron chi connectivity index (χ4n) is 1.95. The highest BCUT2D eigenvalue weighted by atomic mass is 16.6. The lowest BCUT2D eigenvalue weighted by Gasteiger charge is -2.27. The molecule has 0 aliphatic heterocycles. The second kappa shape index (κ2) is 8.36. The second-order valence-electron chi connectivity index (χ2n) is 5.22. The van der Waals surface area contributed by atoms with E-state index in [0.717, 1.165) is 5.56 Å². The zero-order valence-electron chi connectivity index (χ0n) is 14.2. The number of para-hydroxylation sites is 1.